The molecule has 0 aliphatic carbocycles. The lowest BCUT2D eigenvalue weighted by Gasteiger charge is -2.08. The Morgan fingerprint density at radius 1 is 0.900 bits per heavy atom. The van der Waals surface area contributed by atoms with Crippen molar-refractivity contribution in [2.24, 2.45) is 0 Å². The van der Waals surface area contributed by atoms with Crippen LogP contribution in [-0.4, -0.2) is 20.3 Å². The lowest BCUT2D eigenvalue weighted by Crippen LogP contribution is -2.25. The Hall–Kier alpha value is -3.60. The van der Waals surface area contributed by atoms with Crippen molar-refractivity contribution >= 4 is 5.91 Å². The summed E-state index contributed by atoms with van der Waals surface area (Å²) in [6, 6.07) is 22.3. The SMILES string of the molecule is Cc1nn(Cc2ccccc2)c(C)c1CNC(=O)Cc1ccc(-n2cccc2)cc1. The van der Waals surface area contributed by atoms with Gasteiger partial charge in [-0.15, -0.1) is 0 Å². The summed E-state index contributed by atoms with van der Waals surface area (Å²) in [4.78, 5) is 12.5. The highest BCUT2D eigenvalue weighted by Gasteiger charge is 2.13. The molecule has 0 atom stereocenters. The first-order chi connectivity index (χ1) is 14.6. The molecule has 2 aromatic heterocycles. The number of benzene rings is 2. The second kappa shape index (κ2) is 8.82. The molecule has 0 aliphatic heterocycles. The van der Waals surface area contributed by atoms with Crippen LogP contribution >= 0.6 is 0 Å². The predicted molar refractivity (Wildman–Crippen MR) is 119 cm³/mol. The van der Waals surface area contributed by atoms with Gasteiger partial charge in [0.15, 0.2) is 0 Å². The van der Waals surface area contributed by atoms with Gasteiger partial charge in [-0.1, -0.05) is 42.5 Å². The molecule has 5 nitrogen and oxygen atoms in total. The molecule has 0 bridgehead atoms. The van der Waals surface area contributed by atoms with Gasteiger partial charge in [0.25, 0.3) is 0 Å². The molecule has 0 aliphatic rings. The molecule has 0 saturated carbocycles. The van der Waals surface area contributed by atoms with Gasteiger partial charge in [-0.3, -0.25) is 9.48 Å². The van der Waals surface area contributed by atoms with Crippen molar-refractivity contribution in [3.63, 3.8) is 0 Å². The minimum atomic E-state index is 0.0123. The van der Waals surface area contributed by atoms with Gasteiger partial charge in [0.05, 0.1) is 18.7 Å². The van der Waals surface area contributed by atoms with E-state index in [1.54, 1.807) is 0 Å². The van der Waals surface area contributed by atoms with Crippen molar-refractivity contribution in [1.82, 2.24) is 19.7 Å². The van der Waals surface area contributed by atoms with Gasteiger partial charge in [0, 0.05) is 35.9 Å². The maximum absolute atomic E-state index is 12.5. The third-order valence-corrected chi connectivity index (χ3v) is 5.37. The van der Waals surface area contributed by atoms with Gasteiger partial charge in [0.2, 0.25) is 5.91 Å². The molecule has 2 heterocycles. The third kappa shape index (κ3) is 4.51. The van der Waals surface area contributed by atoms with Crippen molar-refractivity contribution in [2.45, 2.75) is 33.4 Å². The normalized spacial score (nSPS) is 10.9. The van der Waals surface area contributed by atoms with E-state index < -0.39 is 0 Å². The lowest BCUT2D eigenvalue weighted by molar-refractivity contribution is -0.120. The molecule has 4 rings (SSSR count). The Morgan fingerprint density at radius 3 is 2.30 bits per heavy atom. The van der Waals surface area contributed by atoms with E-state index in [9.17, 15) is 4.79 Å². The fourth-order valence-corrected chi connectivity index (χ4v) is 3.63. The molecule has 2 aromatic carbocycles. The first kappa shape index (κ1) is 19.7. The molecule has 1 N–H and O–H groups in total. The molecule has 0 fully saturated rings. The first-order valence-corrected chi connectivity index (χ1v) is 10.2. The minimum absolute atomic E-state index is 0.0123. The Morgan fingerprint density at radius 2 is 1.60 bits per heavy atom. The number of hydrogen-bond acceptors (Lipinski definition) is 2. The standard InChI is InChI=1S/C25H26N4O/c1-19-24(20(2)29(27-19)18-22-8-4-3-5-9-22)17-26-25(30)16-21-10-12-23(13-11-21)28-14-6-7-15-28/h3-15H,16-18H2,1-2H3,(H,26,30). The molecule has 152 valence electrons. The van der Waals surface area contributed by atoms with Gasteiger partial charge in [0.1, 0.15) is 0 Å². The quantitative estimate of drug-likeness (QED) is 0.507. The summed E-state index contributed by atoms with van der Waals surface area (Å²) >= 11 is 0. The van der Waals surface area contributed by atoms with E-state index >= 15 is 0 Å². The van der Waals surface area contributed by atoms with Crippen LogP contribution in [0, 0.1) is 13.8 Å². The fraction of sp³-hybridized carbons (Fsp3) is 0.200. The zero-order valence-corrected chi connectivity index (χ0v) is 17.4. The number of amides is 1. The van der Waals surface area contributed by atoms with Gasteiger partial charge < -0.3 is 9.88 Å². The van der Waals surface area contributed by atoms with Gasteiger partial charge >= 0.3 is 0 Å². The van der Waals surface area contributed by atoms with Crippen molar-refractivity contribution < 1.29 is 4.79 Å². The smallest absolute Gasteiger partial charge is 0.224 e. The van der Waals surface area contributed by atoms with Crippen molar-refractivity contribution in [3.8, 4) is 5.69 Å². The molecule has 4 aromatic rings. The van der Waals surface area contributed by atoms with Crippen LogP contribution in [0.1, 0.15) is 28.1 Å². The molecule has 0 saturated heterocycles. The van der Waals surface area contributed by atoms with Crippen molar-refractivity contribution in [3.05, 3.63) is 107 Å². The van der Waals surface area contributed by atoms with Crippen LogP contribution in [0.5, 0.6) is 0 Å². The Bertz CT molecular complexity index is 1110. The van der Waals surface area contributed by atoms with Crippen LogP contribution in [-0.2, 0) is 24.3 Å². The molecule has 0 spiro atoms. The Kier molecular flexibility index (Phi) is 5.80. The molecular formula is C25H26N4O. The largest absolute Gasteiger partial charge is 0.352 e. The van der Waals surface area contributed by atoms with Crippen LogP contribution in [0.4, 0.5) is 0 Å². The van der Waals surface area contributed by atoms with Crippen molar-refractivity contribution in [2.75, 3.05) is 0 Å². The average Bonchev–Trinajstić information content (AvgIpc) is 3.37. The lowest BCUT2D eigenvalue weighted by atomic mass is 10.1. The summed E-state index contributed by atoms with van der Waals surface area (Å²) < 4.78 is 4.05. The monoisotopic (exact) mass is 398 g/mol. The van der Waals surface area contributed by atoms with E-state index in [1.165, 1.54) is 5.56 Å². The molecule has 1 amide bonds. The zero-order valence-electron chi connectivity index (χ0n) is 17.4. The van der Waals surface area contributed by atoms with E-state index in [0.717, 1.165) is 34.7 Å². The minimum Gasteiger partial charge on any atom is -0.352 e. The number of nitrogens with one attached hydrogen (secondary N) is 1. The summed E-state index contributed by atoms with van der Waals surface area (Å²) in [6.07, 6.45) is 4.37. The average molecular weight is 399 g/mol. The van der Waals surface area contributed by atoms with Gasteiger partial charge in [-0.2, -0.15) is 5.10 Å². The number of hydrogen-bond donors (Lipinski definition) is 1. The van der Waals surface area contributed by atoms with Crippen molar-refractivity contribution in [1.29, 1.82) is 0 Å². The van der Waals surface area contributed by atoms with Crippen LogP contribution in [0.2, 0.25) is 0 Å². The summed E-state index contributed by atoms with van der Waals surface area (Å²) in [6.45, 7) is 5.28. The number of aryl methyl sites for hydroxylation is 1. The second-order valence-electron chi connectivity index (χ2n) is 7.50. The van der Waals surface area contributed by atoms with Gasteiger partial charge in [-0.05, 0) is 49.2 Å². The highest BCUT2D eigenvalue weighted by molar-refractivity contribution is 5.78. The highest BCUT2D eigenvalue weighted by atomic mass is 16.1. The Balaban J connectivity index is 1.36. The summed E-state index contributed by atoms with van der Waals surface area (Å²) in [7, 11) is 0. The van der Waals surface area contributed by atoms with E-state index in [1.807, 2.05) is 83.2 Å². The van der Waals surface area contributed by atoms with Gasteiger partial charge in [-0.25, -0.2) is 0 Å². The third-order valence-electron chi connectivity index (χ3n) is 5.37. The molecule has 0 radical (unpaired) electrons. The predicted octanol–water partition coefficient (Wildman–Crippen LogP) is 4.20. The number of aromatic nitrogens is 3. The Labute approximate surface area is 177 Å². The second-order valence-corrected chi connectivity index (χ2v) is 7.50. The van der Waals surface area contributed by atoms with Crippen LogP contribution in [0.25, 0.3) is 5.69 Å². The number of nitrogens with zero attached hydrogens (tertiary/aromatic N) is 3. The molecule has 5 heteroatoms. The number of carbonyl (C=O) groups is 1. The van der Waals surface area contributed by atoms with Crippen LogP contribution < -0.4 is 5.32 Å². The zero-order chi connectivity index (χ0) is 20.9. The summed E-state index contributed by atoms with van der Waals surface area (Å²) in [5.74, 6) is 0.0123. The van der Waals surface area contributed by atoms with Crippen LogP contribution in [0.15, 0.2) is 79.1 Å². The maximum atomic E-state index is 12.5. The van der Waals surface area contributed by atoms with E-state index in [2.05, 4.69) is 29.5 Å². The van der Waals surface area contributed by atoms with E-state index in [-0.39, 0.29) is 5.91 Å². The first-order valence-electron chi connectivity index (χ1n) is 10.2. The number of rotatable bonds is 7. The highest BCUT2D eigenvalue weighted by Crippen LogP contribution is 2.15. The topological polar surface area (TPSA) is 51.9 Å². The van der Waals surface area contributed by atoms with Crippen LogP contribution in [0.3, 0.4) is 0 Å². The summed E-state index contributed by atoms with van der Waals surface area (Å²) in [5, 5.41) is 7.72. The molecule has 30 heavy (non-hydrogen) atoms. The van der Waals surface area contributed by atoms with E-state index in [0.29, 0.717) is 13.0 Å². The molecule has 0 unspecified atom stereocenters. The molecular weight excluding hydrogens is 372 g/mol. The number of carbonyl (C=O) groups excluding carboxylic acids is 1. The van der Waals surface area contributed by atoms with E-state index in [4.69, 9.17) is 0 Å². The fourth-order valence-electron chi connectivity index (χ4n) is 3.63. The maximum Gasteiger partial charge on any atom is 0.224 e. The summed E-state index contributed by atoms with van der Waals surface area (Å²) in [5.41, 5.74) is 6.43.